The Kier molecular flexibility index (Phi) is 6.78. The summed E-state index contributed by atoms with van der Waals surface area (Å²) in [6.07, 6.45) is 16.1. The van der Waals surface area contributed by atoms with E-state index in [1.807, 2.05) is 0 Å². The molecule has 188 valence electrons. The predicted molar refractivity (Wildman–Crippen MR) is 136 cm³/mol. The van der Waals surface area contributed by atoms with Crippen LogP contribution in [-0.4, -0.2) is 34.1 Å². The van der Waals surface area contributed by atoms with E-state index in [0.717, 1.165) is 19.3 Å². The minimum absolute atomic E-state index is 0.0245. The van der Waals surface area contributed by atoms with E-state index in [1.165, 1.54) is 31.3 Å². The molecular weight excluding hydrogens is 408 g/mol. The fraction of sp³-hybridized carbons (Fsp3) is 0.867. The van der Waals surface area contributed by atoms with E-state index in [1.54, 1.807) is 0 Å². The summed E-state index contributed by atoms with van der Waals surface area (Å²) in [6, 6.07) is 0. The molecule has 3 N–H and O–H groups in total. The highest BCUT2D eigenvalue weighted by Crippen LogP contribution is 2.72. The molecule has 33 heavy (non-hydrogen) atoms. The van der Waals surface area contributed by atoms with Gasteiger partial charge >= 0.3 is 0 Å². The lowest BCUT2D eigenvalue weighted by Crippen LogP contribution is -2.46. The Bertz CT molecular complexity index is 778. The molecule has 0 heterocycles. The van der Waals surface area contributed by atoms with Gasteiger partial charge in [0.25, 0.3) is 0 Å². The van der Waals surface area contributed by atoms with Crippen LogP contribution in [0.1, 0.15) is 92.9 Å². The van der Waals surface area contributed by atoms with Crippen molar-refractivity contribution in [2.45, 2.75) is 98.5 Å². The van der Waals surface area contributed by atoms with Crippen molar-refractivity contribution in [1.82, 2.24) is 0 Å². The first-order valence-electron chi connectivity index (χ1n) is 13.8. The van der Waals surface area contributed by atoms with Gasteiger partial charge in [-0.25, -0.2) is 0 Å². The van der Waals surface area contributed by atoms with Crippen molar-refractivity contribution in [1.29, 1.82) is 0 Å². The highest BCUT2D eigenvalue weighted by atomic mass is 16.3. The van der Waals surface area contributed by atoms with Gasteiger partial charge in [0.15, 0.2) is 0 Å². The summed E-state index contributed by atoms with van der Waals surface area (Å²) < 4.78 is 0. The van der Waals surface area contributed by atoms with Gasteiger partial charge in [-0.05, 0) is 91.8 Å². The topological polar surface area (TPSA) is 60.7 Å². The standard InChI is InChI=1S/C30H50O3/c1-20(9-10-21(2)27(3,4)5)25-11-12-26-22(8-7-14-28(25,26)6)16-24(18-31)30-17-23(30)13-15-29(30,33)19-32/h9-10,16,20-21,23-26,31-33H,7-8,11-15,17-19H2,1-6H3/b10-9+,22-16+/t20-,21+,23-,24+,25-,26+,28-,29?,30+/m1/s1. The predicted octanol–water partition coefficient (Wildman–Crippen LogP) is 6.14. The molecule has 4 saturated carbocycles. The van der Waals surface area contributed by atoms with E-state index in [9.17, 15) is 15.3 Å². The third kappa shape index (κ3) is 4.08. The Hall–Kier alpha value is -0.640. The molecule has 0 aromatic rings. The SMILES string of the molecule is C[C@H](/C=C/[C@H](C)C(C)(C)C)[C@H]1CC[C@H]2/C(=C/[C@@H](CO)[C@]34C[C@H]3CCC4(O)CO)CCC[C@]12C. The van der Waals surface area contributed by atoms with Crippen molar-refractivity contribution in [3.05, 3.63) is 23.8 Å². The van der Waals surface area contributed by atoms with E-state index in [2.05, 4.69) is 59.8 Å². The first-order valence-corrected chi connectivity index (χ1v) is 13.8. The molecule has 1 unspecified atom stereocenters. The summed E-state index contributed by atoms with van der Waals surface area (Å²) in [5.74, 6) is 2.89. The molecule has 0 spiro atoms. The average molecular weight is 459 g/mol. The number of aliphatic hydroxyl groups excluding tert-OH is 2. The number of fused-ring (bicyclic) bond motifs is 2. The summed E-state index contributed by atoms with van der Waals surface area (Å²) >= 11 is 0. The van der Waals surface area contributed by atoms with Gasteiger partial charge in [-0.15, -0.1) is 0 Å². The lowest BCUT2D eigenvalue weighted by molar-refractivity contribution is -0.0855. The average Bonchev–Trinajstić information content (AvgIpc) is 3.30. The van der Waals surface area contributed by atoms with E-state index in [0.29, 0.717) is 46.8 Å². The van der Waals surface area contributed by atoms with Crippen LogP contribution >= 0.6 is 0 Å². The molecule has 9 atom stereocenters. The molecule has 0 aromatic carbocycles. The van der Waals surface area contributed by atoms with Crippen LogP contribution in [0.2, 0.25) is 0 Å². The third-order valence-electron chi connectivity index (χ3n) is 11.2. The van der Waals surface area contributed by atoms with E-state index in [4.69, 9.17) is 0 Å². The summed E-state index contributed by atoms with van der Waals surface area (Å²) in [6.45, 7) is 14.2. The highest BCUT2D eigenvalue weighted by Gasteiger charge is 2.72. The normalized spacial score (nSPS) is 44.6. The van der Waals surface area contributed by atoms with Crippen molar-refractivity contribution >= 4 is 0 Å². The van der Waals surface area contributed by atoms with Crippen molar-refractivity contribution in [3.8, 4) is 0 Å². The number of allylic oxidation sites excluding steroid dienone is 3. The van der Waals surface area contributed by atoms with E-state index < -0.39 is 5.60 Å². The Morgan fingerprint density at radius 3 is 2.39 bits per heavy atom. The zero-order valence-corrected chi connectivity index (χ0v) is 22.1. The van der Waals surface area contributed by atoms with Crippen LogP contribution in [0.25, 0.3) is 0 Å². The molecule has 0 radical (unpaired) electrons. The third-order valence-corrected chi connectivity index (χ3v) is 11.2. The zero-order chi connectivity index (χ0) is 24.2. The van der Waals surface area contributed by atoms with Gasteiger partial charge in [0, 0.05) is 17.9 Å². The molecule has 0 amide bonds. The van der Waals surface area contributed by atoms with Crippen LogP contribution < -0.4 is 0 Å². The first kappa shape index (κ1) is 25.5. The summed E-state index contributed by atoms with van der Waals surface area (Å²) in [5, 5.41) is 31.6. The molecule has 0 bridgehead atoms. The Labute approximate surface area is 202 Å². The molecule has 3 heteroatoms. The largest absolute Gasteiger partial charge is 0.396 e. The second kappa shape index (κ2) is 8.79. The molecule has 0 saturated heterocycles. The number of hydrogen-bond donors (Lipinski definition) is 3. The van der Waals surface area contributed by atoms with Crippen LogP contribution in [0.5, 0.6) is 0 Å². The molecule has 3 nitrogen and oxygen atoms in total. The Morgan fingerprint density at radius 2 is 1.79 bits per heavy atom. The second-order valence-corrected chi connectivity index (χ2v) is 13.7. The zero-order valence-electron chi connectivity index (χ0n) is 22.1. The monoisotopic (exact) mass is 458 g/mol. The molecule has 4 aliphatic rings. The van der Waals surface area contributed by atoms with Gasteiger partial charge in [0.2, 0.25) is 0 Å². The molecule has 0 aromatic heterocycles. The number of rotatable bonds is 7. The van der Waals surface area contributed by atoms with Crippen molar-refractivity contribution < 1.29 is 15.3 Å². The van der Waals surface area contributed by atoms with Crippen molar-refractivity contribution in [2.75, 3.05) is 13.2 Å². The fourth-order valence-corrected chi connectivity index (χ4v) is 8.48. The van der Waals surface area contributed by atoms with Crippen LogP contribution in [0.15, 0.2) is 23.8 Å². The van der Waals surface area contributed by atoms with Gasteiger partial charge in [-0.2, -0.15) is 0 Å². The van der Waals surface area contributed by atoms with E-state index >= 15 is 0 Å². The molecule has 4 rings (SSSR count). The molecule has 0 aliphatic heterocycles. The van der Waals surface area contributed by atoms with Crippen LogP contribution in [0.4, 0.5) is 0 Å². The Morgan fingerprint density at radius 1 is 1.06 bits per heavy atom. The van der Waals surface area contributed by atoms with E-state index in [-0.39, 0.29) is 24.5 Å². The quantitative estimate of drug-likeness (QED) is 0.402. The van der Waals surface area contributed by atoms with Crippen molar-refractivity contribution in [2.24, 2.45) is 51.8 Å². The van der Waals surface area contributed by atoms with Crippen LogP contribution in [0.3, 0.4) is 0 Å². The number of hydrogen-bond acceptors (Lipinski definition) is 3. The molecule has 4 aliphatic carbocycles. The fourth-order valence-electron chi connectivity index (χ4n) is 8.48. The summed E-state index contributed by atoms with van der Waals surface area (Å²) in [5.41, 5.74) is 0.852. The number of aliphatic hydroxyl groups is 3. The first-order chi connectivity index (χ1) is 15.4. The second-order valence-electron chi connectivity index (χ2n) is 13.7. The molecule has 4 fully saturated rings. The van der Waals surface area contributed by atoms with Gasteiger partial charge in [0.1, 0.15) is 0 Å². The maximum atomic E-state index is 11.2. The minimum atomic E-state index is -1.01. The minimum Gasteiger partial charge on any atom is -0.396 e. The lowest BCUT2D eigenvalue weighted by atomic mass is 9.60. The van der Waals surface area contributed by atoms with Gasteiger partial charge in [-0.1, -0.05) is 65.3 Å². The summed E-state index contributed by atoms with van der Waals surface area (Å²) in [7, 11) is 0. The maximum Gasteiger partial charge on any atom is 0.0942 e. The van der Waals surface area contributed by atoms with Gasteiger partial charge in [0.05, 0.1) is 12.2 Å². The Balaban J connectivity index is 1.54. The van der Waals surface area contributed by atoms with Crippen LogP contribution in [-0.2, 0) is 0 Å². The maximum absolute atomic E-state index is 11.2. The summed E-state index contributed by atoms with van der Waals surface area (Å²) in [4.78, 5) is 0. The molecular formula is C30H50O3. The van der Waals surface area contributed by atoms with Crippen molar-refractivity contribution in [3.63, 3.8) is 0 Å². The van der Waals surface area contributed by atoms with Crippen LogP contribution in [0, 0.1) is 51.8 Å². The highest BCUT2D eigenvalue weighted by molar-refractivity contribution is 5.28. The lowest BCUT2D eigenvalue weighted by Gasteiger charge is -2.45. The van der Waals surface area contributed by atoms with Gasteiger partial charge in [-0.3, -0.25) is 0 Å². The van der Waals surface area contributed by atoms with Gasteiger partial charge < -0.3 is 15.3 Å². The smallest absolute Gasteiger partial charge is 0.0942 e.